The number of nitrogens with zero attached hydrogens (tertiary/aromatic N) is 2. The Labute approximate surface area is 139 Å². The smallest absolute Gasteiger partial charge is 0.120 e. The van der Waals surface area contributed by atoms with Crippen LogP contribution in [0.4, 0.5) is 0 Å². The van der Waals surface area contributed by atoms with Crippen LogP contribution in [-0.2, 0) is 0 Å². The van der Waals surface area contributed by atoms with Gasteiger partial charge in [-0.25, -0.2) is 0 Å². The summed E-state index contributed by atoms with van der Waals surface area (Å²) in [5, 5.41) is 1.22. The van der Waals surface area contributed by atoms with Gasteiger partial charge < -0.3 is 9.64 Å². The van der Waals surface area contributed by atoms with Gasteiger partial charge in [-0.05, 0) is 55.6 Å². The zero-order chi connectivity index (χ0) is 16.6. The Bertz CT molecular complexity index is 762. The fourth-order valence-electron chi connectivity index (χ4n) is 3.32. The van der Waals surface area contributed by atoms with E-state index in [1.165, 1.54) is 22.1 Å². The van der Waals surface area contributed by atoms with Gasteiger partial charge in [-0.3, -0.25) is 4.98 Å². The van der Waals surface area contributed by atoms with Crippen LogP contribution in [0.15, 0.2) is 24.3 Å². The van der Waals surface area contributed by atoms with Gasteiger partial charge in [-0.2, -0.15) is 0 Å². The van der Waals surface area contributed by atoms with E-state index in [2.05, 4.69) is 57.0 Å². The van der Waals surface area contributed by atoms with Gasteiger partial charge in [-0.15, -0.1) is 0 Å². The van der Waals surface area contributed by atoms with E-state index in [9.17, 15) is 0 Å². The van der Waals surface area contributed by atoms with E-state index in [1.54, 1.807) is 7.11 Å². The number of methoxy groups -OCH3 is 1. The minimum Gasteiger partial charge on any atom is -0.497 e. The molecule has 1 aliphatic rings. The first-order valence-corrected chi connectivity index (χ1v) is 8.37. The van der Waals surface area contributed by atoms with Crippen molar-refractivity contribution >= 4 is 16.5 Å². The number of rotatable bonds is 3. The minimum absolute atomic E-state index is 0.464. The molecular formula is C20H26N2O. The average Bonchev–Trinajstić information content (AvgIpc) is 2.54. The summed E-state index contributed by atoms with van der Waals surface area (Å²) in [6, 6.07) is 6.49. The fourth-order valence-corrected chi connectivity index (χ4v) is 3.32. The summed E-state index contributed by atoms with van der Waals surface area (Å²) in [4.78, 5) is 7.22. The number of likely N-dealkylation sites (N-methyl/N-ethyl adjacent to an activating group) is 1. The molecular weight excluding hydrogens is 284 g/mol. The van der Waals surface area contributed by atoms with Crippen LogP contribution in [0, 0.1) is 6.92 Å². The standard InChI is InChI=1S/C20H26N2O/c1-13(2)17-10-14(3)21-20-18(11-16(23-5)12-19(17)20)15-6-8-22(4)9-7-15/h6,10-13H,7-9H2,1-5H3. The Balaban J connectivity index is 2.28. The highest BCUT2D eigenvalue weighted by atomic mass is 16.5. The summed E-state index contributed by atoms with van der Waals surface area (Å²) in [6.45, 7) is 8.65. The second-order valence-electron chi connectivity index (χ2n) is 6.82. The van der Waals surface area contributed by atoms with Crippen molar-refractivity contribution in [2.24, 2.45) is 0 Å². The van der Waals surface area contributed by atoms with Crippen molar-refractivity contribution in [1.29, 1.82) is 0 Å². The predicted molar refractivity (Wildman–Crippen MR) is 97.2 cm³/mol. The second-order valence-corrected chi connectivity index (χ2v) is 6.82. The quantitative estimate of drug-likeness (QED) is 0.840. The van der Waals surface area contributed by atoms with Crippen molar-refractivity contribution in [1.82, 2.24) is 9.88 Å². The summed E-state index contributed by atoms with van der Waals surface area (Å²) in [5.41, 5.74) is 6.17. The Morgan fingerprint density at radius 1 is 1.22 bits per heavy atom. The van der Waals surface area contributed by atoms with E-state index in [0.29, 0.717) is 5.92 Å². The zero-order valence-electron chi connectivity index (χ0n) is 14.8. The number of benzene rings is 1. The van der Waals surface area contributed by atoms with E-state index in [1.807, 2.05) is 0 Å². The van der Waals surface area contributed by atoms with Gasteiger partial charge in [0.15, 0.2) is 0 Å². The molecule has 1 aliphatic heterocycles. The second kappa shape index (κ2) is 6.32. The molecule has 0 N–H and O–H groups in total. The molecule has 0 saturated heterocycles. The van der Waals surface area contributed by atoms with Crippen molar-refractivity contribution in [3.8, 4) is 5.75 Å². The first-order chi connectivity index (χ1) is 11.0. The summed E-state index contributed by atoms with van der Waals surface area (Å²) < 4.78 is 5.57. The molecule has 0 amide bonds. The molecule has 23 heavy (non-hydrogen) atoms. The van der Waals surface area contributed by atoms with Crippen molar-refractivity contribution in [2.75, 3.05) is 27.2 Å². The van der Waals surface area contributed by atoms with Crippen LogP contribution in [0.1, 0.15) is 43.0 Å². The third kappa shape index (κ3) is 3.11. The molecule has 3 heteroatoms. The van der Waals surface area contributed by atoms with Crippen LogP contribution in [0.2, 0.25) is 0 Å². The number of aryl methyl sites for hydroxylation is 1. The number of hydrogen-bond acceptors (Lipinski definition) is 3. The van der Waals surface area contributed by atoms with Crippen LogP contribution < -0.4 is 4.74 Å². The van der Waals surface area contributed by atoms with E-state index >= 15 is 0 Å². The highest BCUT2D eigenvalue weighted by molar-refractivity contribution is 5.94. The van der Waals surface area contributed by atoms with E-state index < -0.39 is 0 Å². The SMILES string of the molecule is COc1cc(C2=CCN(C)CC2)c2nc(C)cc(C(C)C)c2c1. The van der Waals surface area contributed by atoms with Crippen LogP contribution in [-0.4, -0.2) is 37.1 Å². The Kier molecular flexibility index (Phi) is 4.40. The predicted octanol–water partition coefficient (Wildman–Crippen LogP) is 4.39. The van der Waals surface area contributed by atoms with Gasteiger partial charge in [0.25, 0.3) is 0 Å². The van der Waals surface area contributed by atoms with Crippen molar-refractivity contribution in [3.63, 3.8) is 0 Å². The Morgan fingerprint density at radius 3 is 2.61 bits per heavy atom. The molecule has 122 valence electrons. The molecule has 3 nitrogen and oxygen atoms in total. The molecule has 2 heterocycles. The monoisotopic (exact) mass is 310 g/mol. The number of fused-ring (bicyclic) bond motifs is 1. The minimum atomic E-state index is 0.464. The maximum absolute atomic E-state index is 5.57. The summed E-state index contributed by atoms with van der Waals surface area (Å²) in [5.74, 6) is 1.38. The molecule has 0 bridgehead atoms. The molecule has 2 aromatic rings. The third-order valence-corrected chi connectivity index (χ3v) is 4.66. The van der Waals surface area contributed by atoms with Crippen LogP contribution >= 0.6 is 0 Å². The molecule has 0 unspecified atom stereocenters. The first kappa shape index (κ1) is 16.0. The molecule has 3 rings (SSSR count). The van der Waals surface area contributed by atoms with Crippen LogP contribution in [0.5, 0.6) is 5.75 Å². The lowest BCUT2D eigenvalue weighted by molar-refractivity contribution is 0.370. The molecule has 1 aromatic heterocycles. The van der Waals surface area contributed by atoms with E-state index in [-0.39, 0.29) is 0 Å². The molecule has 0 saturated carbocycles. The molecule has 0 atom stereocenters. The number of pyridine rings is 1. The number of aromatic nitrogens is 1. The number of ether oxygens (including phenoxy) is 1. The topological polar surface area (TPSA) is 25.4 Å². The molecule has 0 fully saturated rings. The lowest BCUT2D eigenvalue weighted by Crippen LogP contribution is -2.23. The van der Waals surface area contributed by atoms with E-state index in [0.717, 1.165) is 36.5 Å². The molecule has 0 aliphatic carbocycles. The average molecular weight is 310 g/mol. The lowest BCUT2D eigenvalue weighted by Gasteiger charge is -2.23. The Morgan fingerprint density at radius 2 is 2.00 bits per heavy atom. The fraction of sp³-hybridized carbons (Fsp3) is 0.450. The normalized spacial score (nSPS) is 16.0. The highest BCUT2D eigenvalue weighted by Gasteiger charge is 2.17. The van der Waals surface area contributed by atoms with Crippen molar-refractivity contribution in [2.45, 2.75) is 33.1 Å². The van der Waals surface area contributed by atoms with Gasteiger partial charge in [0.05, 0.1) is 12.6 Å². The van der Waals surface area contributed by atoms with Crippen LogP contribution in [0.25, 0.3) is 16.5 Å². The summed E-state index contributed by atoms with van der Waals surface area (Å²) in [7, 11) is 3.90. The van der Waals surface area contributed by atoms with Gasteiger partial charge in [0, 0.05) is 29.7 Å². The maximum Gasteiger partial charge on any atom is 0.120 e. The van der Waals surface area contributed by atoms with Crippen molar-refractivity contribution in [3.05, 3.63) is 41.1 Å². The van der Waals surface area contributed by atoms with Crippen LogP contribution in [0.3, 0.4) is 0 Å². The maximum atomic E-state index is 5.57. The highest BCUT2D eigenvalue weighted by Crippen LogP contribution is 2.35. The molecule has 0 spiro atoms. The third-order valence-electron chi connectivity index (χ3n) is 4.66. The zero-order valence-corrected chi connectivity index (χ0v) is 14.8. The van der Waals surface area contributed by atoms with Gasteiger partial charge >= 0.3 is 0 Å². The Hall–Kier alpha value is -1.87. The van der Waals surface area contributed by atoms with Gasteiger partial charge in [-0.1, -0.05) is 19.9 Å². The molecule has 1 aromatic carbocycles. The summed E-state index contributed by atoms with van der Waals surface area (Å²) in [6.07, 6.45) is 3.39. The largest absolute Gasteiger partial charge is 0.497 e. The first-order valence-electron chi connectivity index (χ1n) is 8.37. The van der Waals surface area contributed by atoms with E-state index in [4.69, 9.17) is 9.72 Å². The lowest BCUT2D eigenvalue weighted by atomic mass is 9.92. The molecule has 0 radical (unpaired) electrons. The van der Waals surface area contributed by atoms with Gasteiger partial charge in [0.1, 0.15) is 5.75 Å². The van der Waals surface area contributed by atoms with Crippen molar-refractivity contribution < 1.29 is 4.74 Å². The van der Waals surface area contributed by atoms with Gasteiger partial charge in [0.2, 0.25) is 0 Å². The summed E-state index contributed by atoms with van der Waals surface area (Å²) >= 11 is 0. The number of hydrogen-bond donors (Lipinski definition) is 0.